The first-order valence-electron chi connectivity index (χ1n) is 4.57. The van der Waals surface area contributed by atoms with Crippen LogP contribution >= 0.6 is 11.6 Å². The maximum atomic E-state index is 8.95. The lowest BCUT2D eigenvalue weighted by Crippen LogP contribution is -2.19. The Balaban J connectivity index is 3.29. The molecule has 0 N–H and O–H groups in total. The Bertz CT molecular complexity index is 377. The highest BCUT2D eigenvalue weighted by atomic mass is 35.5. The zero-order valence-electron chi connectivity index (χ0n) is 8.63. The molecule has 0 aliphatic rings. The van der Waals surface area contributed by atoms with Gasteiger partial charge in [-0.1, -0.05) is 32.4 Å². The molecule has 1 aromatic heterocycles. The van der Waals surface area contributed by atoms with E-state index in [0.717, 1.165) is 12.1 Å². The Morgan fingerprint density at radius 3 is 2.71 bits per heavy atom. The lowest BCUT2D eigenvalue weighted by Gasteiger charge is -2.22. The molecule has 1 aromatic rings. The molecule has 0 bridgehead atoms. The summed E-state index contributed by atoms with van der Waals surface area (Å²) in [5, 5.41) is 9.46. The third-order valence-electron chi connectivity index (χ3n) is 2.50. The summed E-state index contributed by atoms with van der Waals surface area (Å²) in [7, 11) is 0. The van der Waals surface area contributed by atoms with E-state index in [1.54, 1.807) is 12.3 Å². The van der Waals surface area contributed by atoms with Crippen molar-refractivity contribution in [2.45, 2.75) is 32.6 Å². The van der Waals surface area contributed by atoms with Crippen LogP contribution in [0.2, 0.25) is 5.02 Å². The number of rotatable bonds is 2. The molecule has 3 heteroatoms. The van der Waals surface area contributed by atoms with Gasteiger partial charge in [-0.25, -0.2) is 0 Å². The number of pyridine rings is 1. The van der Waals surface area contributed by atoms with Crippen LogP contribution in [-0.2, 0) is 5.41 Å². The van der Waals surface area contributed by atoms with Crippen molar-refractivity contribution >= 4 is 11.6 Å². The molecule has 0 saturated carbocycles. The van der Waals surface area contributed by atoms with Gasteiger partial charge in [0.05, 0.1) is 16.3 Å². The topological polar surface area (TPSA) is 36.7 Å². The van der Waals surface area contributed by atoms with Crippen molar-refractivity contribution in [2.75, 3.05) is 0 Å². The van der Waals surface area contributed by atoms with E-state index in [2.05, 4.69) is 31.8 Å². The second kappa shape index (κ2) is 3.98. The van der Waals surface area contributed by atoms with E-state index in [4.69, 9.17) is 16.9 Å². The maximum Gasteiger partial charge on any atom is 0.101 e. The molecule has 14 heavy (non-hydrogen) atoms. The lowest BCUT2D eigenvalue weighted by atomic mass is 9.84. The molecule has 0 unspecified atom stereocenters. The fraction of sp³-hybridized carbons (Fsp3) is 0.455. The van der Waals surface area contributed by atoms with Gasteiger partial charge in [0.2, 0.25) is 0 Å². The fourth-order valence-corrected chi connectivity index (χ4v) is 1.39. The summed E-state index contributed by atoms with van der Waals surface area (Å²) >= 11 is 5.78. The number of hydrogen-bond acceptors (Lipinski definition) is 2. The molecule has 0 spiro atoms. The zero-order valence-corrected chi connectivity index (χ0v) is 9.39. The van der Waals surface area contributed by atoms with Crippen molar-refractivity contribution in [3.8, 4) is 6.07 Å². The Hall–Kier alpha value is -1.07. The predicted molar refractivity (Wildman–Crippen MR) is 57.3 cm³/mol. The van der Waals surface area contributed by atoms with Crippen molar-refractivity contribution in [1.82, 2.24) is 4.98 Å². The van der Waals surface area contributed by atoms with Crippen molar-refractivity contribution in [3.05, 3.63) is 28.5 Å². The van der Waals surface area contributed by atoms with E-state index in [9.17, 15) is 0 Å². The molecule has 0 aliphatic heterocycles. The van der Waals surface area contributed by atoms with Gasteiger partial charge in [-0.15, -0.1) is 0 Å². The van der Waals surface area contributed by atoms with Gasteiger partial charge in [-0.3, -0.25) is 4.98 Å². The first kappa shape index (κ1) is 11.0. The van der Waals surface area contributed by atoms with E-state index < -0.39 is 0 Å². The molecule has 0 atom stereocenters. The van der Waals surface area contributed by atoms with E-state index in [1.807, 2.05) is 0 Å². The first-order valence-corrected chi connectivity index (χ1v) is 4.95. The van der Waals surface area contributed by atoms with Gasteiger partial charge < -0.3 is 0 Å². The van der Waals surface area contributed by atoms with E-state index in [-0.39, 0.29) is 5.41 Å². The second-order valence-electron chi connectivity index (χ2n) is 3.90. The molecule has 0 saturated heterocycles. The third kappa shape index (κ3) is 2.05. The fourth-order valence-electron chi connectivity index (χ4n) is 1.23. The summed E-state index contributed by atoms with van der Waals surface area (Å²) in [6, 6.07) is 3.80. The highest BCUT2D eigenvalue weighted by molar-refractivity contribution is 6.30. The van der Waals surface area contributed by atoms with E-state index >= 15 is 0 Å². The highest BCUT2D eigenvalue weighted by Crippen LogP contribution is 2.28. The van der Waals surface area contributed by atoms with E-state index in [1.165, 1.54) is 0 Å². The average Bonchev–Trinajstić information content (AvgIpc) is 2.17. The first-order chi connectivity index (χ1) is 6.51. The molecular formula is C11H13ClN2. The maximum absolute atomic E-state index is 8.95. The summed E-state index contributed by atoms with van der Waals surface area (Å²) in [5.41, 5.74) is 1.33. The molecule has 0 aromatic carbocycles. The second-order valence-corrected chi connectivity index (χ2v) is 4.34. The molecule has 0 amide bonds. The minimum absolute atomic E-state index is 0.0738. The normalized spacial score (nSPS) is 11.1. The van der Waals surface area contributed by atoms with Crippen LogP contribution in [0.5, 0.6) is 0 Å². The number of halogens is 1. The molecule has 0 fully saturated rings. The summed E-state index contributed by atoms with van der Waals surface area (Å²) in [4.78, 5) is 4.24. The SMILES string of the molecule is CCC(C)(C)c1ncc(Cl)cc1C#N. The quantitative estimate of drug-likeness (QED) is 0.748. The molecule has 1 heterocycles. The van der Waals surface area contributed by atoms with Gasteiger partial charge in [-0.05, 0) is 12.5 Å². The van der Waals surface area contributed by atoms with Gasteiger partial charge in [0.15, 0.2) is 0 Å². The predicted octanol–water partition coefficient (Wildman–Crippen LogP) is 3.29. The molecule has 2 nitrogen and oxygen atoms in total. The van der Waals surface area contributed by atoms with Crippen LogP contribution in [-0.4, -0.2) is 4.98 Å². The van der Waals surface area contributed by atoms with Crippen LogP contribution in [0, 0.1) is 11.3 Å². The number of nitriles is 1. The van der Waals surface area contributed by atoms with Gasteiger partial charge in [0.1, 0.15) is 6.07 Å². The van der Waals surface area contributed by atoms with Crippen molar-refractivity contribution in [1.29, 1.82) is 5.26 Å². The smallest absolute Gasteiger partial charge is 0.101 e. The number of nitrogens with zero attached hydrogens (tertiary/aromatic N) is 2. The van der Waals surface area contributed by atoms with Crippen LogP contribution in [0.1, 0.15) is 38.4 Å². The molecule has 0 aliphatic carbocycles. The number of hydrogen-bond donors (Lipinski definition) is 0. The Labute approximate surface area is 89.5 Å². The summed E-state index contributed by atoms with van der Waals surface area (Å²) in [6.45, 7) is 6.23. The van der Waals surface area contributed by atoms with Crippen LogP contribution < -0.4 is 0 Å². The largest absolute Gasteiger partial charge is 0.258 e. The molecule has 74 valence electrons. The Morgan fingerprint density at radius 2 is 2.21 bits per heavy atom. The monoisotopic (exact) mass is 208 g/mol. The van der Waals surface area contributed by atoms with Crippen LogP contribution in [0.3, 0.4) is 0 Å². The van der Waals surface area contributed by atoms with Crippen molar-refractivity contribution < 1.29 is 0 Å². The van der Waals surface area contributed by atoms with Crippen LogP contribution in [0.25, 0.3) is 0 Å². The summed E-state index contributed by atoms with van der Waals surface area (Å²) < 4.78 is 0. The standard InChI is InChI=1S/C11H13ClN2/c1-4-11(2,3)10-8(6-13)5-9(12)7-14-10/h5,7H,4H2,1-3H3. The number of aromatic nitrogens is 1. The van der Waals surface area contributed by atoms with Crippen LogP contribution in [0.15, 0.2) is 12.3 Å². The molecular weight excluding hydrogens is 196 g/mol. The lowest BCUT2D eigenvalue weighted by molar-refractivity contribution is 0.489. The Kier molecular flexibility index (Phi) is 3.13. The van der Waals surface area contributed by atoms with Crippen molar-refractivity contribution in [2.24, 2.45) is 0 Å². The zero-order chi connectivity index (χ0) is 10.8. The minimum atomic E-state index is -0.0738. The van der Waals surface area contributed by atoms with Gasteiger partial charge in [-0.2, -0.15) is 5.26 Å². The third-order valence-corrected chi connectivity index (χ3v) is 2.71. The highest BCUT2D eigenvalue weighted by Gasteiger charge is 2.23. The molecule has 0 radical (unpaired) electrons. The summed E-state index contributed by atoms with van der Waals surface area (Å²) in [5.74, 6) is 0. The minimum Gasteiger partial charge on any atom is -0.258 e. The molecule has 1 rings (SSSR count). The van der Waals surface area contributed by atoms with Crippen LogP contribution in [0.4, 0.5) is 0 Å². The van der Waals surface area contributed by atoms with Gasteiger partial charge in [0, 0.05) is 11.6 Å². The Morgan fingerprint density at radius 1 is 1.57 bits per heavy atom. The van der Waals surface area contributed by atoms with Gasteiger partial charge in [0.25, 0.3) is 0 Å². The average molecular weight is 209 g/mol. The van der Waals surface area contributed by atoms with Gasteiger partial charge >= 0.3 is 0 Å². The summed E-state index contributed by atoms with van der Waals surface area (Å²) in [6.07, 6.45) is 2.53. The van der Waals surface area contributed by atoms with E-state index in [0.29, 0.717) is 10.6 Å². The van der Waals surface area contributed by atoms with Crippen molar-refractivity contribution in [3.63, 3.8) is 0 Å².